The summed E-state index contributed by atoms with van der Waals surface area (Å²) in [4.78, 5) is 68.0. The van der Waals surface area contributed by atoms with Gasteiger partial charge in [-0.2, -0.15) is 0 Å². The van der Waals surface area contributed by atoms with Crippen LogP contribution in [0.3, 0.4) is 0 Å². The first-order valence-corrected chi connectivity index (χ1v) is 34.3. The number of aliphatic hydroxyl groups excluding tert-OH is 10. The summed E-state index contributed by atoms with van der Waals surface area (Å²) in [7, 11) is -3.25. The molecule has 38 nitrogen and oxygen atoms in total. The van der Waals surface area contributed by atoms with Crippen LogP contribution in [0.5, 0.6) is 0 Å². The maximum Gasteiger partial charge on any atom is 0.203 e. The zero-order chi connectivity index (χ0) is 88.7. The predicted octanol–water partition coefficient (Wildman–Crippen LogP) is -10.1. The van der Waals surface area contributed by atoms with Crippen LogP contribution in [0.15, 0.2) is 121 Å². The summed E-state index contributed by atoms with van der Waals surface area (Å²) in [6.07, 6.45) is 26.7. The van der Waals surface area contributed by atoms with Crippen LogP contribution in [0.1, 0.15) is 42.0 Å². The highest BCUT2D eigenvalue weighted by molar-refractivity contribution is 7.14. The van der Waals surface area contributed by atoms with E-state index >= 15 is 0 Å². The Hall–Kier alpha value is -8.17. The molecule has 41 heteroatoms. The Balaban J connectivity index is -0.000000295. The van der Waals surface area contributed by atoms with Crippen LogP contribution in [0.25, 0.3) is 0 Å². The third-order valence-corrected chi connectivity index (χ3v) is 14.1. The standard InChI is InChI=1S/C21H24N2O2.C16H20N2.2C7H10O5.C5H6O4.2C5H8O4.C5H8O3.C2H4O.3HO2P/c1-2-21(25,17-24)20-22(15-18-9-5-3-6-10-18)13-14-23(20)16-19-11-7-4-8-12-19;1-3-7-15(8-4-1)13-17-11-12-18-14-16-9-5-2-6-10-16;1-2-7(4-11-10)5(8)3-6(9)12-7;1-2-7(10,5-12-11)6(9)3-4-8;1-2-5(7,3-6)4-9-8;2*1-2-5(9,3-6)4(7)8;1-2-5(8,3-6)4-7;1-2-3;3*1-3-2/h1,3-12,20,24-25H,13-17H2;1-10,17-18H,11-14H2;1,5-6,8-10H,3-4H2;1,4,6,9-11H,3,5H2;1,3,7-8H,4H2;2*1,4,6-9H,3H2;1,6-8H,3-4H2;2H,1H3;3*(H,1,2)/p-6/t21-;;5-,6?,7+;6-,7+;3*5-;;;;;/m1.00011...../s1. The topological polar surface area (TPSA) is 672 Å². The van der Waals surface area contributed by atoms with Crippen molar-refractivity contribution in [2.45, 2.75) is 122 Å². The van der Waals surface area contributed by atoms with Crippen LogP contribution in [0, 0.1) is 86.4 Å². The lowest BCUT2D eigenvalue weighted by atomic mass is 9.97. The summed E-state index contributed by atoms with van der Waals surface area (Å²) in [5, 5.41) is 194. The van der Waals surface area contributed by atoms with Crippen LogP contribution >= 0.6 is 26.1 Å². The van der Waals surface area contributed by atoms with Crippen molar-refractivity contribution in [1.82, 2.24) is 20.4 Å². The first-order chi connectivity index (χ1) is 54.0. The van der Waals surface area contributed by atoms with Gasteiger partial charge in [0.25, 0.3) is 0 Å². The molecule has 0 amide bonds. The molecule has 2 heterocycles. The van der Waals surface area contributed by atoms with Gasteiger partial charge in [0.05, 0.1) is 78.9 Å². The number of hydrogen-bond donors (Lipinski definition) is 20. The van der Waals surface area contributed by atoms with Crippen molar-refractivity contribution in [3.63, 3.8) is 0 Å². The summed E-state index contributed by atoms with van der Waals surface area (Å²) in [6.45, 7) is 2.86. The second-order valence-corrected chi connectivity index (χ2v) is 22.8. The number of aldehydes is 3. The lowest BCUT2D eigenvalue weighted by Crippen LogP contribution is -2.57. The number of rotatable bonds is 29. The zero-order valence-corrected chi connectivity index (χ0v) is 64.0. The van der Waals surface area contributed by atoms with E-state index in [0.717, 1.165) is 56.7 Å². The number of carbonyl (C=O) groups is 3. The second kappa shape index (κ2) is 70.3. The number of benzene rings is 4. The van der Waals surface area contributed by atoms with Gasteiger partial charge in [0, 0.05) is 65.2 Å². The van der Waals surface area contributed by atoms with Crippen molar-refractivity contribution in [2.24, 2.45) is 0 Å². The van der Waals surface area contributed by atoms with Gasteiger partial charge < -0.3 is 162 Å². The van der Waals surface area contributed by atoms with E-state index in [0.29, 0.717) is 19.4 Å². The molecule has 114 heavy (non-hydrogen) atoms. The van der Waals surface area contributed by atoms with E-state index in [1.807, 2.05) is 54.5 Å². The Bertz CT molecular complexity index is 3310. The zero-order valence-electron chi connectivity index (χ0n) is 61.3. The largest absolute Gasteiger partial charge is 0.772 e. The average Bonchev–Trinajstić information content (AvgIpc) is 1.64. The van der Waals surface area contributed by atoms with Crippen molar-refractivity contribution in [3.8, 4) is 86.4 Å². The van der Waals surface area contributed by atoms with Crippen LogP contribution in [-0.2, 0) is 73.7 Å². The van der Waals surface area contributed by atoms with E-state index in [2.05, 4.69) is 139 Å². The molecule has 4 aromatic carbocycles. The normalized spacial score (nSPS) is 17.3. The van der Waals surface area contributed by atoms with E-state index in [9.17, 15) is 45.8 Å². The maximum absolute atomic E-state index is 10.9. The monoisotopic (exact) mass is 1660 g/mol. The minimum atomic E-state index is -2.22. The van der Waals surface area contributed by atoms with Crippen LogP contribution in [0.4, 0.5) is 0 Å². The predicted molar refractivity (Wildman–Crippen MR) is 393 cm³/mol. The van der Waals surface area contributed by atoms with Gasteiger partial charge in [0.2, 0.25) is 5.60 Å². The van der Waals surface area contributed by atoms with Gasteiger partial charge in [-0.25, -0.2) is 0 Å². The Labute approximate surface area is 664 Å². The van der Waals surface area contributed by atoms with Gasteiger partial charge in [-0.15, -0.1) is 45.0 Å². The van der Waals surface area contributed by atoms with Gasteiger partial charge in [-0.1, -0.05) is 163 Å². The quantitative estimate of drug-likeness (QED) is 0.00456. The van der Waals surface area contributed by atoms with Gasteiger partial charge in [0.15, 0.2) is 58.8 Å². The fourth-order valence-corrected chi connectivity index (χ4v) is 7.83. The van der Waals surface area contributed by atoms with Gasteiger partial charge in [-0.05, 0) is 29.2 Å². The third kappa shape index (κ3) is 50.9. The highest BCUT2D eigenvalue weighted by atomic mass is 31.1. The summed E-state index contributed by atoms with van der Waals surface area (Å²) in [5.41, 5.74) is -8.41. The molecule has 0 saturated carbocycles. The van der Waals surface area contributed by atoms with Crippen LogP contribution in [-0.4, -0.2) is 276 Å². The van der Waals surface area contributed by atoms with Gasteiger partial charge in [-0.3, -0.25) is 28.3 Å². The number of carbonyl (C=O) groups excluding carboxylic acids is 3. The maximum atomic E-state index is 10.9. The minimum absolute atomic E-state index is 0.00639. The van der Waals surface area contributed by atoms with Gasteiger partial charge >= 0.3 is 0 Å². The summed E-state index contributed by atoms with van der Waals surface area (Å²) >= 11 is 0. The number of aliphatic hydroxyl groups is 18. The van der Waals surface area contributed by atoms with E-state index in [-0.39, 0.29) is 19.1 Å². The van der Waals surface area contributed by atoms with Gasteiger partial charge in [0.1, 0.15) is 30.9 Å². The number of ether oxygens (including phenoxy) is 1. The molecule has 2 aliphatic heterocycles. The molecule has 4 aromatic rings. The van der Waals surface area contributed by atoms with Crippen molar-refractivity contribution in [3.05, 3.63) is 144 Å². The molecule has 0 radical (unpaired) electrons. The highest BCUT2D eigenvalue weighted by Crippen LogP contribution is 2.30. The first-order valence-electron chi connectivity index (χ1n) is 32.1. The molecule has 6 rings (SSSR count). The Kier molecular flexibility index (Phi) is 71.9. The van der Waals surface area contributed by atoms with E-state index in [1.54, 1.807) is 23.7 Å². The molecular weight excluding hydrogens is 1570 g/mol. The number of terminal acetylenes is 7. The second-order valence-electron chi connectivity index (χ2n) is 22.3. The summed E-state index contributed by atoms with van der Waals surface area (Å²) < 4.78 is 29.8. The number of nitrogens with zero attached hydrogens (tertiary/aromatic N) is 2. The fourth-order valence-electron chi connectivity index (χ4n) is 7.83. The van der Waals surface area contributed by atoms with E-state index in [1.165, 1.54) is 18.1 Å². The molecule has 1 unspecified atom stereocenters. The molecule has 632 valence electrons. The smallest absolute Gasteiger partial charge is 0.203 e. The number of nitrogens with one attached hydrogen (secondary N) is 2. The molecule has 0 spiro atoms. The Morgan fingerprint density at radius 1 is 0.544 bits per heavy atom. The van der Waals surface area contributed by atoms with Crippen molar-refractivity contribution < 1.29 is 170 Å². The summed E-state index contributed by atoms with van der Waals surface area (Å²) in [5.74, 6) is 13.1. The van der Waals surface area contributed by atoms with Crippen molar-refractivity contribution in [1.29, 1.82) is 0 Å². The molecule has 0 aliphatic carbocycles. The first kappa shape index (κ1) is 117. The lowest BCUT2D eigenvalue weighted by Gasteiger charge is -2.39. The Morgan fingerprint density at radius 2 is 0.895 bits per heavy atom. The average molecular weight is 1670 g/mol. The van der Waals surface area contributed by atoms with E-state index < -0.39 is 155 Å². The molecule has 9 atom stereocenters. The number of hydrogen-bond acceptors (Lipinski definition) is 38. The molecule has 2 saturated heterocycles. The minimum Gasteiger partial charge on any atom is -0.772 e. The molecule has 20 N–H and O–H groups in total. The fraction of sp³-hybridized carbons (Fsp3) is 0.438. The highest BCUT2D eigenvalue weighted by Gasteiger charge is 2.47. The molecular formula is C73H95N4O34P3-6. The lowest BCUT2D eigenvalue weighted by molar-refractivity contribution is -0.693. The SMILES string of the molecule is C#CC(O)(CO)CO.C#C[C@@](O)(CO)C(O)O.C#C[C@@](O)(CO)C(O)O.C#C[C@@](O)(CO)C1N(Cc2ccccc2)CCN1Cc1ccccc1.C#C[C@@](O)(CO[O-])[C@@H](O)CC=O.C#C[C@](O)(C=O)CO[O-].C#C[C@]1(CO[O-])OC(O)C[C@@H]1O.CC=O.O=P[O-].O=P[O-].O=P[O-].c1ccc(CNCCNCc2ccccc2)cc1. The molecule has 2 aliphatic rings. The van der Waals surface area contributed by atoms with E-state index in [4.69, 9.17) is 135 Å². The molecule has 2 fully saturated rings. The van der Waals surface area contributed by atoms with Crippen molar-refractivity contribution >= 4 is 44.9 Å². The third-order valence-electron chi connectivity index (χ3n) is 14.1. The van der Waals surface area contributed by atoms with Crippen LogP contribution in [0.2, 0.25) is 0 Å². The molecule has 0 bridgehead atoms. The van der Waals surface area contributed by atoms with Crippen molar-refractivity contribution in [2.75, 3.05) is 79.0 Å². The van der Waals surface area contributed by atoms with Crippen LogP contribution < -0.4 is 41.1 Å². The summed E-state index contributed by atoms with van der Waals surface area (Å²) in [6, 6.07) is 41.2. The Morgan fingerprint density at radius 3 is 1.10 bits per heavy atom. The molecule has 0 aromatic heterocycles.